The molecule has 10 heteroatoms. The topological polar surface area (TPSA) is 129 Å². The molecule has 0 atom stereocenters. The zero-order valence-electron chi connectivity index (χ0n) is 18.2. The van der Waals surface area contributed by atoms with Gasteiger partial charge in [-0.3, -0.25) is 19.7 Å². The smallest absolute Gasteiger partial charge is 0.374 e. The van der Waals surface area contributed by atoms with Crippen molar-refractivity contribution >= 4 is 34.7 Å². The second-order valence-electron chi connectivity index (χ2n) is 8.17. The van der Waals surface area contributed by atoms with Crippen molar-refractivity contribution in [1.29, 1.82) is 0 Å². The molecule has 3 rings (SSSR count). The van der Waals surface area contributed by atoms with Crippen LogP contribution in [0.25, 0.3) is 11.3 Å². The summed E-state index contributed by atoms with van der Waals surface area (Å²) in [6, 6.07) is 12.0. The zero-order chi connectivity index (χ0) is 24.2. The van der Waals surface area contributed by atoms with Gasteiger partial charge < -0.3 is 14.5 Å². The van der Waals surface area contributed by atoms with Crippen LogP contribution in [-0.2, 0) is 16.1 Å². The normalized spacial score (nSPS) is 11.1. The van der Waals surface area contributed by atoms with E-state index in [0.717, 1.165) is 4.88 Å². The van der Waals surface area contributed by atoms with Crippen molar-refractivity contribution in [2.75, 3.05) is 6.61 Å². The van der Waals surface area contributed by atoms with E-state index >= 15 is 0 Å². The summed E-state index contributed by atoms with van der Waals surface area (Å²) in [5.74, 6) is -1.02. The Morgan fingerprint density at radius 2 is 1.76 bits per heavy atom. The number of amides is 1. The number of ether oxygens (including phenoxy) is 1. The minimum absolute atomic E-state index is 0.0585. The molecule has 0 unspecified atom stereocenters. The number of nitro groups is 1. The minimum Gasteiger partial charge on any atom is -0.451 e. The number of Topliss-reactive ketones (excluding diaryl/α,β-unsaturated/α-hetero) is 1. The molecule has 0 aliphatic carbocycles. The Bertz CT molecular complexity index is 1190. The van der Waals surface area contributed by atoms with Gasteiger partial charge in [0.05, 0.1) is 16.3 Å². The number of nitro benzene ring substituents is 1. The third-order valence-electron chi connectivity index (χ3n) is 4.55. The van der Waals surface area contributed by atoms with E-state index in [9.17, 15) is 24.5 Å². The lowest BCUT2D eigenvalue weighted by Crippen LogP contribution is -2.34. The first-order valence-electron chi connectivity index (χ1n) is 9.96. The highest BCUT2D eigenvalue weighted by Gasteiger charge is 2.21. The summed E-state index contributed by atoms with van der Waals surface area (Å²) < 4.78 is 10.5. The minimum atomic E-state index is -0.800. The molecule has 0 aliphatic heterocycles. The van der Waals surface area contributed by atoms with Crippen molar-refractivity contribution < 1.29 is 28.5 Å². The number of non-ortho nitro benzene ring substituents is 1. The molecule has 1 amide bonds. The van der Waals surface area contributed by atoms with Gasteiger partial charge in [-0.15, -0.1) is 11.3 Å². The van der Waals surface area contributed by atoms with Gasteiger partial charge in [0.2, 0.25) is 17.5 Å². The number of esters is 1. The number of benzene rings is 1. The molecular formula is C23H22N2O7S. The second-order valence-corrected chi connectivity index (χ2v) is 9.33. The summed E-state index contributed by atoms with van der Waals surface area (Å²) in [6.07, 6.45) is 0. The number of hydrogen-bond donors (Lipinski definition) is 1. The number of nitrogens with one attached hydrogen (secondary N) is 1. The van der Waals surface area contributed by atoms with Crippen LogP contribution >= 0.6 is 11.3 Å². The number of furan rings is 1. The molecule has 3 aromatic rings. The van der Waals surface area contributed by atoms with Crippen LogP contribution in [0.2, 0.25) is 0 Å². The number of thiophene rings is 1. The summed E-state index contributed by atoms with van der Waals surface area (Å²) in [5.41, 5.74) is -0.00828. The molecule has 2 aromatic heterocycles. The van der Waals surface area contributed by atoms with E-state index in [0.29, 0.717) is 22.7 Å². The van der Waals surface area contributed by atoms with E-state index in [4.69, 9.17) is 9.15 Å². The standard InChI is InChI=1S/C23H22N2O7S/c1-23(2,3)22(28)24-12-16-8-11-20(33-16)17(26)13-31-21(27)19-10-9-18(32-19)14-4-6-15(7-5-14)25(29)30/h4-11H,12-13H2,1-3H3,(H,24,28). The van der Waals surface area contributed by atoms with Crippen LogP contribution < -0.4 is 5.32 Å². The molecule has 0 saturated heterocycles. The van der Waals surface area contributed by atoms with E-state index in [1.165, 1.54) is 47.7 Å². The summed E-state index contributed by atoms with van der Waals surface area (Å²) in [4.78, 5) is 48.0. The quantitative estimate of drug-likeness (QED) is 0.220. The number of ketones is 1. The maximum absolute atomic E-state index is 12.4. The average Bonchev–Trinajstić information content (AvgIpc) is 3.45. The van der Waals surface area contributed by atoms with Crippen LogP contribution in [0, 0.1) is 15.5 Å². The molecule has 0 fully saturated rings. The summed E-state index contributed by atoms with van der Waals surface area (Å²) in [6.45, 7) is 5.29. The number of nitrogens with zero attached hydrogens (tertiary/aromatic N) is 1. The van der Waals surface area contributed by atoms with Crippen molar-refractivity contribution in [1.82, 2.24) is 5.32 Å². The highest BCUT2D eigenvalue weighted by molar-refractivity contribution is 7.14. The predicted octanol–water partition coefficient (Wildman–Crippen LogP) is 4.62. The molecule has 33 heavy (non-hydrogen) atoms. The van der Waals surface area contributed by atoms with Gasteiger partial charge in [0.15, 0.2) is 6.61 Å². The molecular weight excluding hydrogens is 448 g/mol. The SMILES string of the molecule is CC(C)(C)C(=O)NCc1ccc(C(=O)COC(=O)c2ccc(-c3ccc([N+](=O)[O-])cc3)o2)s1. The van der Waals surface area contributed by atoms with Gasteiger partial charge in [0, 0.05) is 28.0 Å². The number of carbonyl (C=O) groups excluding carboxylic acids is 3. The monoisotopic (exact) mass is 470 g/mol. The molecule has 1 N–H and O–H groups in total. The average molecular weight is 471 g/mol. The van der Waals surface area contributed by atoms with Crippen molar-refractivity contribution in [3.05, 3.63) is 74.2 Å². The fourth-order valence-electron chi connectivity index (χ4n) is 2.68. The fourth-order valence-corrected chi connectivity index (χ4v) is 3.55. The Hall–Kier alpha value is -3.79. The van der Waals surface area contributed by atoms with Crippen molar-refractivity contribution in [2.24, 2.45) is 5.41 Å². The number of hydrogen-bond acceptors (Lipinski definition) is 8. The molecule has 1 aromatic carbocycles. The molecule has 2 heterocycles. The summed E-state index contributed by atoms with van der Waals surface area (Å²) >= 11 is 1.22. The van der Waals surface area contributed by atoms with Gasteiger partial charge >= 0.3 is 5.97 Å². The van der Waals surface area contributed by atoms with Crippen molar-refractivity contribution in [3.63, 3.8) is 0 Å². The van der Waals surface area contributed by atoms with Gasteiger partial charge in [0.25, 0.3) is 5.69 Å². The first kappa shape index (κ1) is 23.9. The van der Waals surface area contributed by atoms with E-state index < -0.39 is 22.9 Å². The third kappa shape index (κ3) is 6.13. The lowest BCUT2D eigenvalue weighted by atomic mass is 9.96. The molecule has 0 radical (unpaired) electrons. The number of carbonyl (C=O) groups is 3. The van der Waals surface area contributed by atoms with Gasteiger partial charge in [-0.2, -0.15) is 0 Å². The molecule has 0 bridgehead atoms. The molecule has 0 spiro atoms. The lowest BCUT2D eigenvalue weighted by molar-refractivity contribution is -0.384. The second kappa shape index (κ2) is 9.78. The molecule has 9 nitrogen and oxygen atoms in total. The highest BCUT2D eigenvalue weighted by atomic mass is 32.1. The summed E-state index contributed by atoms with van der Waals surface area (Å²) in [5, 5.41) is 13.6. The van der Waals surface area contributed by atoms with Crippen LogP contribution in [0.5, 0.6) is 0 Å². The van der Waals surface area contributed by atoms with Gasteiger partial charge in [-0.05, 0) is 36.4 Å². The fraction of sp³-hybridized carbons (Fsp3) is 0.261. The van der Waals surface area contributed by atoms with Crippen LogP contribution in [0.1, 0.15) is 45.9 Å². The zero-order valence-corrected chi connectivity index (χ0v) is 19.1. The molecule has 172 valence electrons. The maximum atomic E-state index is 12.4. The largest absolute Gasteiger partial charge is 0.451 e. The highest BCUT2D eigenvalue weighted by Crippen LogP contribution is 2.25. The van der Waals surface area contributed by atoms with Crippen molar-refractivity contribution in [3.8, 4) is 11.3 Å². The van der Waals surface area contributed by atoms with Gasteiger partial charge in [0.1, 0.15) is 5.76 Å². The van der Waals surface area contributed by atoms with E-state index in [1.54, 1.807) is 12.1 Å². The van der Waals surface area contributed by atoms with Crippen LogP contribution in [-0.4, -0.2) is 29.2 Å². The Labute approximate surface area is 193 Å². The lowest BCUT2D eigenvalue weighted by Gasteiger charge is -2.17. The van der Waals surface area contributed by atoms with Gasteiger partial charge in [-0.1, -0.05) is 20.8 Å². The van der Waals surface area contributed by atoms with Crippen molar-refractivity contribution in [2.45, 2.75) is 27.3 Å². The molecule has 0 saturated carbocycles. The Kier molecular flexibility index (Phi) is 7.07. The van der Waals surface area contributed by atoms with Crippen LogP contribution in [0.15, 0.2) is 52.9 Å². The first-order chi connectivity index (χ1) is 15.5. The van der Waals surface area contributed by atoms with Crippen LogP contribution in [0.3, 0.4) is 0 Å². The third-order valence-corrected chi connectivity index (χ3v) is 5.67. The first-order valence-corrected chi connectivity index (χ1v) is 10.8. The molecule has 0 aliphatic rings. The van der Waals surface area contributed by atoms with E-state index in [-0.39, 0.29) is 23.1 Å². The Morgan fingerprint density at radius 1 is 1.06 bits per heavy atom. The predicted molar refractivity (Wildman–Crippen MR) is 121 cm³/mol. The van der Waals surface area contributed by atoms with E-state index in [1.807, 2.05) is 20.8 Å². The van der Waals surface area contributed by atoms with Gasteiger partial charge in [-0.25, -0.2) is 4.79 Å². The van der Waals surface area contributed by atoms with Crippen LogP contribution in [0.4, 0.5) is 5.69 Å². The Balaban J connectivity index is 1.54. The van der Waals surface area contributed by atoms with E-state index in [2.05, 4.69) is 5.32 Å². The number of rotatable bonds is 8. The maximum Gasteiger partial charge on any atom is 0.374 e. The Morgan fingerprint density at radius 3 is 2.39 bits per heavy atom. The summed E-state index contributed by atoms with van der Waals surface area (Å²) in [7, 11) is 0.